The summed E-state index contributed by atoms with van der Waals surface area (Å²) in [5, 5.41) is 0. The van der Waals surface area contributed by atoms with Gasteiger partial charge in [-0.25, -0.2) is 0 Å². The van der Waals surface area contributed by atoms with Crippen LogP contribution in [-0.4, -0.2) is 0 Å². The molecule has 2 atom stereocenters. The SMILES string of the molecule is C=C(C1CCC(CCC)CC1)C1CCCCC1CC/C=C/C1CCC(CC/C=C/C)CC1. The third-order valence-electron chi connectivity index (χ3n) is 9.43. The van der Waals surface area contributed by atoms with E-state index < -0.39 is 0 Å². The van der Waals surface area contributed by atoms with Crippen LogP contribution >= 0.6 is 0 Å². The molecule has 0 spiro atoms. The zero-order valence-electron chi connectivity index (χ0n) is 21.7. The standard InChI is InChI=1S/C32H54/c1-4-6-7-13-28-18-20-29(21-19-28)14-8-9-15-31-16-10-11-17-32(31)26(3)30-24-22-27(12-5-2)23-25-30/h4,6,8,14,27-32H,3,5,7,9-13,15-25H2,1-2H3/b6-4+,14-8+. The summed E-state index contributed by atoms with van der Waals surface area (Å²) in [5.41, 5.74) is 1.67. The Morgan fingerprint density at radius 2 is 1.41 bits per heavy atom. The van der Waals surface area contributed by atoms with Crippen molar-refractivity contribution in [1.82, 2.24) is 0 Å². The fourth-order valence-corrected chi connectivity index (χ4v) is 7.34. The van der Waals surface area contributed by atoms with E-state index in [0.717, 1.165) is 35.5 Å². The van der Waals surface area contributed by atoms with Gasteiger partial charge in [0.15, 0.2) is 0 Å². The minimum Gasteiger partial charge on any atom is -0.0993 e. The van der Waals surface area contributed by atoms with Gasteiger partial charge in [-0.15, -0.1) is 0 Å². The fourth-order valence-electron chi connectivity index (χ4n) is 7.34. The van der Waals surface area contributed by atoms with Crippen molar-refractivity contribution in [3.8, 4) is 0 Å². The Balaban J connectivity index is 1.38. The summed E-state index contributed by atoms with van der Waals surface area (Å²) >= 11 is 0. The first-order valence-electron chi connectivity index (χ1n) is 14.7. The second-order valence-corrected chi connectivity index (χ2v) is 11.7. The van der Waals surface area contributed by atoms with Gasteiger partial charge < -0.3 is 0 Å². The Labute approximate surface area is 201 Å². The average molecular weight is 439 g/mol. The lowest BCUT2D eigenvalue weighted by Gasteiger charge is -2.38. The first-order chi connectivity index (χ1) is 15.7. The van der Waals surface area contributed by atoms with Crippen LogP contribution in [-0.2, 0) is 0 Å². The van der Waals surface area contributed by atoms with Gasteiger partial charge in [0.25, 0.3) is 0 Å². The third kappa shape index (κ3) is 8.22. The topological polar surface area (TPSA) is 0 Å². The third-order valence-corrected chi connectivity index (χ3v) is 9.43. The van der Waals surface area contributed by atoms with E-state index in [9.17, 15) is 0 Å². The lowest BCUT2D eigenvalue weighted by molar-refractivity contribution is 0.216. The molecular formula is C32H54. The molecule has 32 heavy (non-hydrogen) atoms. The Kier molecular flexibility index (Phi) is 11.7. The van der Waals surface area contributed by atoms with Crippen molar-refractivity contribution in [3.05, 3.63) is 36.5 Å². The van der Waals surface area contributed by atoms with E-state index in [1.54, 1.807) is 5.57 Å². The van der Waals surface area contributed by atoms with Gasteiger partial charge in [0.05, 0.1) is 0 Å². The summed E-state index contributed by atoms with van der Waals surface area (Å²) in [6.45, 7) is 9.23. The van der Waals surface area contributed by atoms with Crippen LogP contribution in [0.5, 0.6) is 0 Å². The van der Waals surface area contributed by atoms with Crippen molar-refractivity contribution in [1.29, 1.82) is 0 Å². The summed E-state index contributed by atoms with van der Waals surface area (Å²) < 4.78 is 0. The van der Waals surface area contributed by atoms with Gasteiger partial charge in [0, 0.05) is 0 Å². The number of hydrogen-bond donors (Lipinski definition) is 0. The van der Waals surface area contributed by atoms with E-state index in [-0.39, 0.29) is 0 Å². The van der Waals surface area contributed by atoms with Gasteiger partial charge in [-0.1, -0.05) is 69.1 Å². The van der Waals surface area contributed by atoms with E-state index in [1.165, 1.54) is 116 Å². The van der Waals surface area contributed by atoms with Crippen molar-refractivity contribution in [3.63, 3.8) is 0 Å². The smallest absolute Gasteiger partial charge is 0.0175 e. The van der Waals surface area contributed by atoms with E-state index in [2.05, 4.69) is 38.2 Å². The van der Waals surface area contributed by atoms with Crippen molar-refractivity contribution >= 4 is 0 Å². The van der Waals surface area contributed by atoms with E-state index in [1.807, 2.05) is 0 Å². The normalized spacial score (nSPS) is 34.3. The molecule has 3 aliphatic carbocycles. The number of allylic oxidation sites excluding steroid dienone is 5. The summed E-state index contributed by atoms with van der Waals surface area (Å²) in [4.78, 5) is 0. The highest BCUT2D eigenvalue weighted by atomic mass is 14.4. The first kappa shape index (κ1) is 25.8. The van der Waals surface area contributed by atoms with Crippen LogP contribution in [0, 0.1) is 35.5 Å². The van der Waals surface area contributed by atoms with Crippen molar-refractivity contribution in [2.75, 3.05) is 0 Å². The average Bonchev–Trinajstić information content (AvgIpc) is 2.83. The minimum atomic E-state index is 0.831. The predicted octanol–water partition coefficient (Wildman–Crippen LogP) is 10.5. The fraction of sp³-hybridized carbons (Fsp3) is 0.812. The van der Waals surface area contributed by atoms with E-state index >= 15 is 0 Å². The second-order valence-electron chi connectivity index (χ2n) is 11.7. The molecule has 0 bridgehead atoms. The van der Waals surface area contributed by atoms with Crippen molar-refractivity contribution < 1.29 is 0 Å². The van der Waals surface area contributed by atoms with Crippen LogP contribution in [0.4, 0.5) is 0 Å². The Hall–Kier alpha value is -0.780. The van der Waals surface area contributed by atoms with Gasteiger partial charge >= 0.3 is 0 Å². The zero-order chi connectivity index (χ0) is 22.6. The molecule has 0 N–H and O–H groups in total. The second kappa shape index (κ2) is 14.5. The molecule has 3 fully saturated rings. The summed E-state index contributed by atoms with van der Waals surface area (Å²) in [6.07, 6.45) is 35.3. The largest absolute Gasteiger partial charge is 0.0993 e. The minimum absolute atomic E-state index is 0.831. The van der Waals surface area contributed by atoms with Gasteiger partial charge in [0.2, 0.25) is 0 Å². The van der Waals surface area contributed by atoms with E-state index in [0.29, 0.717) is 0 Å². The van der Waals surface area contributed by atoms with Gasteiger partial charge in [-0.2, -0.15) is 0 Å². The zero-order valence-corrected chi connectivity index (χ0v) is 21.7. The highest BCUT2D eigenvalue weighted by Crippen LogP contribution is 2.44. The maximum absolute atomic E-state index is 4.74. The van der Waals surface area contributed by atoms with Gasteiger partial charge in [-0.3, -0.25) is 0 Å². The Bertz CT molecular complexity index is 565. The summed E-state index contributed by atoms with van der Waals surface area (Å²) in [7, 11) is 0. The monoisotopic (exact) mass is 438 g/mol. The molecule has 0 aromatic heterocycles. The molecule has 0 nitrogen and oxygen atoms in total. The van der Waals surface area contributed by atoms with Crippen molar-refractivity contribution in [2.24, 2.45) is 35.5 Å². The van der Waals surface area contributed by atoms with Gasteiger partial charge in [-0.05, 0) is 132 Å². The van der Waals surface area contributed by atoms with Crippen LogP contribution in [0.25, 0.3) is 0 Å². The van der Waals surface area contributed by atoms with Crippen molar-refractivity contribution in [2.45, 2.75) is 129 Å². The summed E-state index contributed by atoms with van der Waals surface area (Å²) in [5.74, 6) is 5.45. The number of rotatable bonds is 11. The predicted molar refractivity (Wildman–Crippen MR) is 143 cm³/mol. The van der Waals surface area contributed by atoms with Crippen LogP contribution in [0.1, 0.15) is 129 Å². The molecule has 182 valence electrons. The van der Waals surface area contributed by atoms with Crippen LogP contribution in [0.2, 0.25) is 0 Å². The molecule has 0 radical (unpaired) electrons. The molecule has 3 rings (SSSR count). The molecule has 0 aromatic carbocycles. The maximum atomic E-state index is 4.74. The quantitative estimate of drug-likeness (QED) is 0.281. The lowest BCUT2D eigenvalue weighted by Crippen LogP contribution is -2.26. The molecule has 0 saturated heterocycles. The highest BCUT2D eigenvalue weighted by molar-refractivity contribution is 5.10. The maximum Gasteiger partial charge on any atom is -0.0175 e. The molecular weight excluding hydrogens is 384 g/mol. The van der Waals surface area contributed by atoms with Crippen LogP contribution < -0.4 is 0 Å². The highest BCUT2D eigenvalue weighted by Gasteiger charge is 2.32. The molecule has 0 aromatic rings. The van der Waals surface area contributed by atoms with Crippen LogP contribution in [0.3, 0.4) is 0 Å². The molecule has 0 aliphatic heterocycles. The van der Waals surface area contributed by atoms with Gasteiger partial charge in [0.1, 0.15) is 0 Å². The molecule has 0 heteroatoms. The molecule has 2 unspecified atom stereocenters. The molecule has 0 amide bonds. The first-order valence-corrected chi connectivity index (χ1v) is 14.7. The van der Waals surface area contributed by atoms with Crippen LogP contribution in [0.15, 0.2) is 36.5 Å². The molecule has 3 aliphatic rings. The number of hydrogen-bond acceptors (Lipinski definition) is 0. The van der Waals surface area contributed by atoms with E-state index in [4.69, 9.17) is 6.58 Å². The lowest BCUT2D eigenvalue weighted by atomic mass is 9.67. The Morgan fingerprint density at radius 1 is 0.750 bits per heavy atom. The summed E-state index contributed by atoms with van der Waals surface area (Å²) in [6, 6.07) is 0. The Morgan fingerprint density at radius 3 is 2.12 bits per heavy atom. The molecule has 3 saturated carbocycles. The molecule has 0 heterocycles.